The monoisotopic (exact) mass is 260 g/mol. The third-order valence-corrected chi connectivity index (χ3v) is 2.20. The van der Waals surface area contributed by atoms with E-state index in [9.17, 15) is 9.18 Å². The molecule has 1 heterocycles. The highest BCUT2D eigenvalue weighted by atomic mass is 19.1. The van der Waals surface area contributed by atoms with Gasteiger partial charge in [-0.1, -0.05) is 17.0 Å². The summed E-state index contributed by atoms with van der Waals surface area (Å²) in [7, 11) is 0. The lowest BCUT2D eigenvalue weighted by Crippen LogP contribution is -2.14. The van der Waals surface area contributed by atoms with Gasteiger partial charge in [0, 0.05) is 11.6 Å². The van der Waals surface area contributed by atoms with Crippen molar-refractivity contribution in [2.75, 3.05) is 11.9 Å². The van der Waals surface area contributed by atoms with Crippen LogP contribution in [-0.4, -0.2) is 22.8 Å². The van der Waals surface area contributed by atoms with E-state index >= 15 is 0 Å². The lowest BCUT2D eigenvalue weighted by molar-refractivity contribution is 0.102. The predicted octanol–water partition coefficient (Wildman–Crippen LogP) is 1.41. The number of carbonyl (C=O) groups is 1. The molecule has 1 aromatic heterocycles. The van der Waals surface area contributed by atoms with Gasteiger partial charge in [-0.3, -0.25) is 4.79 Å². The summed E-state index contributed by atoms with van der Waals surface area (Å²) in [6.07, 6.45) is 1.29. The van der Waals surface area contributed by atoms with E-state index in [2.05, 4.69) is 26.8 Å². The van der Waals surface area contributed by atoms with Crippen LogP contribution in [0.25, 0.3) is 0 Å². The molecule has 1 amide bonds. The molecule has 2 rings (SSSR count). The molecule has 6 heteroatoms. The molecule has 0 fully saturated rings. The predicted molar refractivity (Wildman–Crippen MR) is 64.8 cm³/mol. The first kappa shape index (κ1) is 12.8. The van der Waals surface area contributed by atoms with Crippen LogP contribution in [0.2, 0.25) is 0 Å². The lowest BCUT2D eigenvalue weighted by Gasteiger charge is -2.03. The summed E-state index contributed by atoms with van der Waals surface area (Å²) < 4.78 is 18.3. The van der Waals surface area contributed by atoms with Crippen molar-refractivity contribution in [1.29, 1.82) is 0 Å². The number of amides is 1. The van der Waals surface area contributed by atoms with Gasteiger partial charge in [0.1, 0.15) is 18.7 Å². The number of nitrogens with zero attached hydrogens (tertiary/aromatic N) is 1. The van der Waals surface area contributed by atoms with Crippen LogP contribution in [0.3, 0.4) is 0 Å². The Kier molecular flexibility index (Phi) is 3.90. The van der Waals surface area contributed by atoms with Gasteiger partial charge in [0.15, 0.2) is 5.82 Å². The van der Waals surface area contributed by atoms with Gasteiger partial charge in [0.2, 0.25) is 0 Å². The summed E-state index contributed by atoms with van der Waals surface area (Å²) >= 11 is 0. The van der Waals surface area contributed by atoms with E-state index < -0.39 is 11.7 Å². The zero-order valence-electron chi connectivity index (χ0n) is 9.68. The normalized spacial score (nSPS) is 9.58. The molecule has 2 N–H and O–H groups in total. The first-order chi connectivity index (χ1) is 9.20. The summed E-state index contributed by atoms with van der Waals surface area (Å²) in [5.41, 5.74) is 0.252. The number of hydrogen-bond acceptors (Lipinski definition) is 4. The fraction of sp³-hybridized carbons (Fsp3) is 0.0769. The summed E-state index contributed by atoms with van der Waals surface area (Å²) in [4.78, 5) is 11.7. The van der Waals surface area contributed by atoms with Crippen molar-refractivity contribution in [3.05, 3.63) is 47.5 Å². The highest BCUT2D eigenvalue weighted by Gasteiger charge is 2.13. The van der Waals surface area contributed by atoms with Crippen molar-refractivity contribution in [1.82, 2.24) is 5.16 Å². The van der Waals surface area contributed by atoms with Crippen molar-refractivity contribution in [3.8, 4) is 11.8 Å². The van der Waals surface area contributed by atoms with E-state index in [0.717, 1.165) is 6.07 Å². The molecule has 1 aromatic carbocycles. The zero-order valence-corrected chi connectivity index (χ0v) is 9.68. The number of benzene rings is 1. The van der Waals surface area contributed by atoms with E-state index in [1.54, 1.807) is 0 Å². The first-order valence-electron chi connectivity index (χ1n) is 5.31. The fourth-order valence-corrected chi connectivity index (χ4v) is 1.38. The molecule has 0 unspecified atom stereocenters. The van der Waals surface area contributed by atoms with Gasteiger partial charge in [0.25, 0.3) is 5.91 Å². The molecule has 0 spiro atoms. The zero-order chi connectivity index (χ0) is 13.7. The van der Waals surface area contributed by atoms with Crippen molar-refractivity contribution in [3.63, 3.8) is 0 Å². The van der Waals surface area contributed by atoms with E-state index in [-0.39, 0.29) is 18.0 Å². The molecule has 5 nitrogen and oxygen atoms in total. The van der Waals surface area contributed by atoms with Crippen LogP contribution in [0, 0.1) is 17.7 Å². The van der Waals surface area contributed by atoms with Crippen LogP contribution >= 0.6 is 0 Å². The summed E-state index contributed by atoms with van der Waals surface area (Å²) in [5, 5.41) is 14.4. The molecule has 0 saturated heterocycles. The summed E-state index contributed by atoms with van der Waals surface area (Å²) in [6, 6.07) is 5.37. The van der Waals surface area contributed by atoms with Gasteiger partial charge in [-0.05, 0) is 18.2 Å². The minimum atomic E-state index is -0.703. The number of carbonyl (C=O) groups excluding carboxylic acids is 1. The smallest absolute Gasteiger partial charge is 0.259 e. The molecule has 19 heavy (non-hydrogen) atoms. The van der Waals surface area contributed by atoms with E-state index in [4.69, 9.17) is 5.11 Å². The Morgan fingerprint density at radius 3 is 2.95 bits per heavy atom. The largest absolute Gasteiger partial charge is 0.384 e. The van der Waals surface area contributed by atoms with Crippen LogP contribution < -0.4 is 5.32 Å². The number of rotatable bonds is 2. The molecule has 0 aliphatic rings. The second kappa shape index (κ2) is 5.80. The Bertz CT molecular complexity index is 642. The SMILES string of the molecule is O=C(Nc1ccon1)c1ccc(C#CCO)cc1F. The fourth-order valence-electron chi connectivity index (χ4n) is 1.38. The number of nitrogens with one attached hydrogen (secondary N) is 1. The first-order valence-corrected chi connectivity index (χ1v) is 5.31. The van der Waals surface area contributed by atoms with Crippen molar-refractivity contribution >= 4 is 11.7 Å². The van der Waals surface area contributed by atoms with Gasteiger partial charge in [-0.25, -0.2) is 4.39 Å². The minimum absolute atomic E-state index is 0.127. The minimum Gasteiger partial charge on any atom is -0.384 e. The van der Waals surface area contributed by atoms with Crippen LogP contribution in [0.15, 0.2) is 35.1 Å². The highest BCUT2D eigenvalue weighted by Crippen LogP contribution is 2.12. The van der Waals surface area contributed by atoms with Gasteiger partial charge < -0.3 is 14.9 Å². The average Bonchev–Trinajstić information content (AvgIpc) is 2.89. The Labute approximate surface area is 108 Å². The number of anilines is 1. The van der Waals surface area contributed by atoms with Crippen molar-refractivity contribution in [2.45, 2.75) is 0 Å². The molecule has 0 bridgehead atoms. The van der Waals surface area contributed by atoms with Crippen LogP contribution in [-0.2, 0) is 0 Å². The number of aromatic nitrogens is 1. The van der Waals surface area contributed by atoms with Gasteiger partial charge in [0.05, 0.1) is 5.56 Å². The van der Waals surface area contributed by atoms with E-state index in [0.29, 0.717) is 5.56 Å². The highest BCUT2D eigenvalue weighted by molar-refractivity contribution is 6.03. The second-order valence-corrected chi connectivity index (χ2v) is 3.49. The number of hydrogen-bond donors (Lipinski definition) is 2. The molecule has 96 valence electrons. The molecule has 2 aromatic rings. The molecule has 0 atom stereocenters. The van der Waals surface area contributed by atoms with E-state index in [1.807, 2.05) is 0 Å². The number of aliphatic hydroxyl groups excluding tert-OH is 1. The Balaban J connectivity index is 2.18. The topological polar surface area (TPSA) is 75.4 Å². The van der Waals surface area contributed by atoms with Crippen molar-refractivity contribution in [2.24, 2.45) is 0 Å². The maximum atomic E-state index is 13.7. The maximum absolute atomic E-state index is 13.7. The summed E-state index contributed by atoms with van der Waals surface area (Å²) in [5.74, 6) is 3.81. The Morgan fingerprint density at radius 1 is 1.47 bits per heavy atom. The molecule has 0 radical (unpaired) electrons. The standard InChI is InChI=1S/C13H9FN2O3/c14-11-8-9(2-1-6-17)3-4-10(11)13(18)15-12-5-7-19-16-12/h3-5,7-8,17H,6H2,(H,15,16,18). The van der Waals surface area contributed by atoms with Gasteiger partial charge >= 0.3 is 0 Å². The van der Waals surface area contributed by atoms with Gasteiger partial charge in [-0.15, -0.1) is 0 Å². The second-order valence-electron chi connectivity index (χ2n) is 3.49. The average molecular weight is 260 g/mol. The van der Waals surface area contributed by atoms with Gasteiger partial charge in [-0.2, -0.15) is 0 Å². The number of aliphatic hydroxyl groups is 1. The molecule has 0 aliphatic carbocycles. The molecular formula is C13H9FN2O3. The third kappa shape index (κ3) is 3.18. The molecular weight excluding hydrogens is 251 g/mol. The lowest BCUT2D eigenvalue weighted by atomic mass is 10.1. The maximum Gasteiger partial charge on any atom is 0.259 e. The quantitative estimate of drug-likeness (QED) is 0.800. The third-order valence-electron chi connectivity index (χ3n) is 2.20. The molecule has 0 aliphatic heterocycles. The van der Waals surface area contributed by atoms with E-state index in [1.165, 1.54) is 24.5 Å². The Morgan fingerprint density at radius 2 is 2.32 bits per heavy atom. The summed E-state index contributed by atoms with van der Waals surface area (Å²) in [6.45, 7) is -0.310. The van der Waals surface area contributed by atoms with Crippen LogP contribution in [0.1, 0.15) is 15.9 Å². The Hall–Kier alpha value is -2.65. The number of halogens is 1. The van der Waals surface area contributed by atoms with Crippen LogP contribution in [0.5, 0.6) is 0 Å². The van der Waals surface area contributed by atoms with Crippen molar-refractivity contribution < 1.29 is 18.8 Å². The molecule has 0 saturated carbocycles. The van der Waals surface area contributed by atoms with Crippen LogP contribution in [0.4, 0.5) is 10.2 Å².